The lowest BCUT2D eigenvalue weighted by Crippen LogP contribution is -2.34. The van der Waals surface area contributed by atoms with E-state index in [-0.39, 0.29) is 18.2 Å². The molecular formula is C17H27NO3. The van der Waals surface area contributed by atoms with E-state index < -0.39 is 0 Å². The number of methoxy groups -OCH3 is 1. The van der Waals surface area contributed by atoms with Gasteiger partial charge in [-0.1, -0.05) is 13.0 Å². The number of likely N-dealkylation sites (N-methyl/N-ethyl adjacent to an activating group) is 1. The monoisotopic (exact) mass is 293 g/mol. The van der Waals surface area contributed by atoms with Gasteiger partial charge in [0.25, 0.3) is 0 Å². The Balaban J connectivity index is 2.09. The van der Waals surface area contributed by atoms with Gasteiger partial charge in [0.05, 0.1) is 32.0 Å². The van der Waals surface area contributed by atoms with Gasteiger partial charge in [-0.25, -0.2) is 0 Å². The van der Waals surface area contributed by atoms with Gasteiger partial charge in [-0.2, -0.15) is 0 Å². The van der Waals surface area contributed by atoms with Crippen molar-refractivity contribution in [2.45, 2.75) is 45.4 Å². The van der Waals surface area contributed by atoms with Gasteiger partial charge in [-0.05, 0) is 43.7 Å². The maximum atomic E-state index is 6.21. The van der Waals surface area contributed by atoms with E-state index in [4.69, 9.17) is 14.2 Å². The molecule has 1 aromatic rings. The molecule has 21 heavy (non-hydrogen) atoms. The molecule has 1 N–H and O–H groups in total. The number of ether oxygens (including phenoxy) is 3. The predicted octanol–water partition coefficient (Wildman–Crippen LogP) is 2.71. The Morgan fingerprint density at radius 2 is 2.14 bits per heavy atom. The van der Waals surface area contributed by atoms with Gasteiger partial charge in [0, 0.05) is 13.0 Å². The van der Waals surface area contributed by atoms with Gasteiger partial charge < -0.3 is 19.5 Å². The van der Waals surface area contributed by atoms with Crippen LogP contribution in [0.1, 0.15) is 37.9 Å². The smallest absolute Gasteiger partial charge is 0.119 e. The molecule has 1 aliphatic rings. The molecule has 0 spiro atoms. The summed E-state index contributed by atoms with van der Waals surface area (Å²) in [6.45, 7) is 8.49. The molecule has 0 aliphatic heterocycles. The van der Waals surface area contributed by atoms with Crippen molar-refractivity contribution in [3.63, 3.8) is 0 Å². The normalized spacial score (nSPS) is 22.1. The van der Waals surface area contributed by atoms with Crippen LogP contribution in [0.2, 0.25) is 0 Å². The Hall–Kier alpha value is -1.10. The minimum absolute atomic E-state index is 0.104. The van der Waals surface area contributed by atoms with Crippen molar-refractivity contribution < 1.29 is 14.2 Å². The third kappa shape index (κ3) is 3.96. The summed E-state index contributed by atoms with van der Waals surface area (Å²) in [4.78, 5) is 0. The quantitative estimate of drug-likeness (QED) is 0.800. The second kappa shape index (κ2) is 7.78. The summed E-state index contributed by atoms with van der Waals surface area (Å²) < 4.78 is 17.0. The molecule has 118 valence electrons. The van der Waals surface area contributed by atoms with Crippen molar-refractivity contribution in [3.8, 4) is 5.75 Å². The summed E-state index contributed by atoms with van der Waals surface area (Å²) in [7, 11) is 1.71. The van der Waals surface area contributed by atoms with Crippen LogP contribution in [-0.2, 0) is 15.9 Å². The van der Waals surface area contributed by atoms with Gasteiger partial charge in [0.1, 0.15) is 5.75 Å². The Morgan fingerprint density at radius 1 is 1.33 bits per heavy atom. The van der Waals surface area contributed by atoms with E-state index in [1.807, 2.05) is 13.0 Å². The molecule has 4 heteroatoms. The molecule has 1 aromatic carbocycles. The van der Waals surface area contributed by atoms with E-state index in [1.54, 1.807) is 7.11 Å². The maximum absolute atomic E-state index is 6.21. The van der Waals surface area contributed by atoms with E-state index in [0.717, 1.165) is 25.3 Å². The number of nitrogens with one attached hydrogen (secondary N) is 1. The highest BCUT2D eigenvalue weighted by Gasteiger charge is 2.34. The summed E-state index contributed by atoms with van der Waals surface area (Å²) >= 11 is 0. The predicted molar refractivity (Wildman–Crippen MR) is 83.9 cm³/mol. The zero-order valence-electron chi connectivity index (χ0n) is 13.5. The van der Waals surface area contributed by atoms with E-state index in [2.05, 4.69) is 31.3 Å². The lowest BCUT2D eigenvalue weighted by Gasteiger charge is -2.25. The molecule has 0 amide bonds. The first-order valence-electron chi connectivity index (χ1n) is 7.83. The molecule has 3 atom stereocenters. The third-order valence-corrected chi connectivity index (χ3v) is 3.87. The molecule has 0 fully saturated rings. The first kappa shape index (κ1) is 16.3. The Morgan fingerprint density at radius 3 is 2.81 bits per heavy atom. The van der Waals surface area contributed by atoms with Gasteiger partial charge in [0.2, 0.25) is 0 Å². The second-order valence-corrected chi connectivity index (χ2v) is 5.45. The van der Waals surface area contributed by atoms with Gasteiger partial charge in [0.15, 0.2) is 0 Å². The first-order chi connectivity index (χ1) is 10.2. The van der Waals surface area contributed by atoms with Crippen molar-refractivity contribution in [1.82, 2.24) is 5.32 Å². The Labute approximate surface area is 127 Å². The van der Waals surface area contributed by atoms with Crippen molar-refractivity contribution >= 4 is 0 Å². The fourth-order valence-corrected chi connectivity index (χ4v) is 2.92. The second-order valence-electron chi connectivity index (χ2n) is 5.45. The fourth-order valence-electron chi connectivity index (χ4n) is 2.92. The molecule has 1 aliphatic carbocycles. The third-order valence-electron chi connectivity index (χ3n) is 3.87. The average molecular weight is 293 g/mol. The van der Waals surface area contributed by atoms with E-state index in [0.29, 0.717) is 6.61 Å². The standard InChI is InChI=1S/C17H27NO3/c1-5-18-17-15-10-14(19-4)8-7-13(15)9-16(17)21-12(3)11-20-6-2/h7-8,10,12,16-18H,5-6,9,11H2,1-4H3. The van der Waals surface area contributed by atoms with Gasteiger partial charge in [-0.15, -0.1) is 0 Å². The number of hydrogen-bond acceptors (Lipinski definition) is 4. The topological polar surface area (TPSA) is 39.7 Å². The van der Waals surface area contributed by atoms with E-state index in [9.17, 15) is 0 Å². The van der Waals surface area contributed by atoms with Crippen LogP contribution in [0.5, 0.6) is 5.75 Å². The summed E-state index contributed by atoms with van der Waals surface area (Å²) in [6, 6.07) is 6.52. The van der Waals surface area contributed by atoms with Crippen LogP contribution >= 0.6 is 0 Å². The minimum atomic E-state index is 0.104. The highest BCUT2D eigenvalue weighted by Crippen LogP contribution is 2.36. The van der Waals surface area contributed by atoms with Crippen LogP contribution in [0.3, 0.4) is 0 Å². The lowest BCUT2D eigenvalue weighted by atomic mass is 10.1. The van der Waals surface area contributed by atoms with Crippen molar-refractivity contribution in [1.29, 1.82) is 0 Å². The number of rotatable bonds is 8. The number of benzene rings is 1. The summed E-state index contributed by atoms with van der Waals surface area (Å²) in [5, 5.41) is 3.54. The highest BCUT2D eigenvalue weighted by molar-refractivity contribution is 5.42. The molecule has 0 bridgehead atoms. The average Bonchev–Trinajstić information content (AvgIpc) is 2.82. The molecule has 4 nitrogen and oxygen atoms in total. The van der Waals surface area contributed by atoms with Crippen LogP contribution in [0.4, 0.5) is 0 Å². The highest BCUT2D eigenvalue weighted by atomic mass is 16.5. The molecule has 0 saturated carbocycles. The molecule has 0 radical (unpaired) electrons. The van der Waals surface area contributed by atoms with Gasteiger partial charge in [-0.3, -0.25) is 0 Å². The van der Waals surface area contributed by atoms with Crippen molar-refractivity contribution in [3.05, 3.63) is 29.3 Å². The molecular weight excluding hydrogens is 266 g/mol. The Bertz CT molecular complexity index is 450. The van der Waals surface area contributed by atoms with E-state index >= 15 is 0 Å². The summed E-state index contributed by atoms with van der Waals surface area (Å²) in [5.74, 6) is 0.902. The molecule has 0 heterocycles. The minimum Gasteiger partial charge on any atom is -0.497 e. The van der Waals surface area contributed by atoms with Crippen molar-refractivity contribution in [2.75, 3.05) is 26.9 Å². The Kier molecular flexibility index (Phi) is 6.03. The number of hydrogen-bond donors (Lipinski definition) is 1. The van der Waals surface area contributed by atoms with E-state index in [1.165, 1.54) is 11.1 Å². The van der Waals surface area contributed by atoms with Crippen LogP contribution < -0.4 is 10.1 Å². The number of fused-ring (bicyclic) bond motifs is 1. The van der Waals surface area contributed by atoms with Gasteiger partial charge >= 0.3 is 0 Å². The van der Waals surface area contributed by atoms with Crippen LogP contribution in [0.25, 0.3) is 0 Å². The van der Waals surface area contributed by atoms with Crippen LogP contribution in [-0.4, -0.2) is 39.1 Å². The largest absolute Gasteiger partial charge is 0.497 e. The van der Waals surface area contributed by atoms with Crippen molar-refractivity contribution in [2.24, 2.45) is 0 Å². The molecule has 3 unspecified atom stereocenters. The maximum Gasteiger partial charge on any atom is 0.119 e. The zero-order chi connectivity index (χ0) is 15.2. The first-order valence-corrected chi connectivity index (χ1v) is 7.83. The zero-order valence-corrected chi connectivity index (χ0v) is 13.5. The molecule has 0 aromatic heterocycles. The van der Waals surface area contributed by atoms with Crippen LogP contribution in [0.15, 0.2) is 18.2 Å². The molecule has 2 rings (SSSR count). The fraction of sp³-hybridized carbons (Fsp3) is 0.647. The SMILES string of the molecule is CCNC1c2cc(OC)ccc2CC1OC(C)COCC. The van der Waals surface area contributed by atoms with Crippen LogP contribution in [0, 0.1) is 0 Å². The lowest BCUT2D eigenvalue weighted by molar-refractivity contribution is -0.0550. The summed E-state index contributed by atoms with van der Waals surface area (Å²) in [6.07, 6.45) is 1.20. The summed E-state index contributed by atoms with van der Waals surface area (Å²) in [5.41, 5.74) is 2.64. The molecule has 0 saturated heterocycles.